The van der Waals surface area contributed by atoms with E-state index in [0.717, 1.165) is 6.07 Å². The Morgan fingerprint density at radius 2 is 1.89 bits per heavy atom. The summed E-state index contributed by atoms with van der Waals surface area (Å²) in [4.78, 5) is 21.9. The van der Waals surface area contributed by atoms with Gasteiger partial charge in [0.25, 0.3) is 0 Å². The zero-order valence-electron chi connectivity index (χ0n) is 11.1. The fraction of sp³-hybridized carbons (Fsp3) is 0.417. The molecule has 0 aliphatic carbocycles. The fourth-order valence-corrected chi connectivity index (χ4v) is 1.48. The minimum atomic E-state index is -0.712. The summed E-state index contributed by atoms with van der Waals surface area (Å²) in [6, 6.07) is 2.40. The third-order valence-electron chi connectivity index (χ3n) is 2.25. The lowest BCUT2D eigenvalue weighted by molar-refractivity contribution is -0.386. The maximum absolute atomic E-state index is 11.5. The number of nitro benzene ring substituents is 1. The van der Waals surface area contributed by atoms with Crippen molar-refractivity contribution in [2.45, 2.75) is 20.0 Å². The lowest BCUT2D eigenvalue weighted by Crippen LogP contribution is -2.10. The number of ether oxygens (including phenoxy) is 3. The first-order valence-corrected chi connectivity index (χ1v) is 5.52. The summed E-state index contributed by atoms with van der Waals surface area (Å²) in [6.45, 7) is 3.48. The number of methoxy groups -OCH3 is 2. The molecular formula is C12H15NO6. The average molecular weight is 269 g/mol. The largest absolute Gasteiger partial charge is 0.496 e. The van der Waals surface area contributed by atoms with Crippen LogP contribution in [0.5, 0.6) is 11.5 Å². The highest BCUT2D eigenvalue weighted by molar-refractivity contribution is 5.93. The van der Waals surface area contributed by atoms with Gasteiger partial charge in [0.05, 0.1) is 25.2 Å². The molecule has 0 amide bonds. The number of esters is 1. The van der Waals surface area contributed by atoms with Gasteiger partial charge in [-0.3, -0.25) is 10.1 Å². The van der Waals surface area contributed by atoms with E-state index in [1.165, 1.54) is 20.3 Å². The summed E-state index contributed by atoms with van der Waals surface area (Å²) in [6.07, 6.45) is -0.243. The van der Waals surface area contributed by atoms with E-state index in [2.05, 4.69) is 4.74 Å². The lowest BCUT2D eigenvalue weighted by Gasteiger charge is -2.13. The summed E-state index contributed by atoms with van der Waals surface area (Å²) >= 11 is 0. The van der Waals surface area contributed by atoms with E-state index in [1.807, 2.05) is 0 Å². The van der Waals surface area contributed by atoms with Crippen molar-refractivity contribution < 1.29 is 23.9 Å². The molecule has 0 aromatic heterocycles. The molecule has 0 heterocycles. The second kappa shape index (κ2) is 6.03. The van der Waals surface area contributed by atoms with Crippen LogP contribution in [0.1, 0.15) is 24.2 Å². The maximum Gasteiger partial charge on any atom is 0.341 e. The molecule has 7 heteroatoms. The van der Waals surface area contributed by atoms with E-state index in [-0.39, 0.29) is 28.9 Å². The molecule has 0 atom stereocenters. The summed E-state index contributed by atoms with van der Waals surface area (Å²) in [5, 5.41) is 11.0. The standard InChI is InChI=1S/C12H15NO6/c1-7(2)19-11-6-10(17-3)8(12(14)18-4)5-9(11)13(15)16/h5-7H,1-4H3. The molecule has 0 fully saturated rings. The van der Waals surface area contributed by atoms with Crippen LogP contribution in [0, 0.1) is 10.1 Å². The molecule has 0 saturated carbocycles. The van der Waals surface area contributed by atoms with Crippen LogP contribution in [-0.4, -0.2) is 31.2 Å². The van der Waals surface area contributed by atoms with Crippen molar-refractivity contribution in [2.24, 2.45) is 0 Å². The molecule has 0 unspecified atom stereocenters. The topological polar surface area (TPSA) is 87.9 Å². The quantitative estimate of drug-likeness (QED) is 0.462. The molecule has 0 aliphatic rings. The van der Waals surface area contributed by atoms with Crippen molar-refractivity contribution in [3.8, 4) is 11.5 Å². The number of benzene rings is 1. The smallest absolute Gasteiger partial charge is 0.341 e. The molecule has 0 aliphatic heterocycles. The van der Waals surface area contributed by atoms with Gasteiger partial charge in [-0.05, 0) is 13.8 Å². The van der Waals surface area contributed by atoms with Crippen LogP contribution in [0.15, 0.2) is 12.1 Å². The molecule has 19 heavy (non-hydrogen) atoms. The zero-order chi connectivity index (χ0) is 14.6. The van der Waals surface area contributed by atoms with E-state index >= 15 is 0 Å². The van der Waals surface area contributed by atoms with Gasteiger partial charge in [-0.1, -0.05) is 0 Å². The highest BCUT2D eigenvalue weighted by Crippen LogP contribution is 2.35. The van der Waals surface area contributed by atoms with Gasteiger partial charge in [0.2, 0.25) is 5.75 Å². The molecule has 0 N–H and O–H groups in total. The number of hydrogen-bond acceptors (Lipinski definition) is 6. The minimum Gasteiger partial charge on any atom is -0.496 e. The molecular weight excluding hydrogens is 254 g/mol. The Bertz CT molecular complexity index is 497. The van der Waals surface area contributed by atoms with E-state index in [0.29, 0.717) is 0 Å². The normalized spacial score (nSPS) is 10.2. The van der Waals surface area contributed by atoms with Crippen molar-refractivity contribution in [2.75, 3.05) is 14.2 Å². The van der Waals surface area contributed by atoms with Crippen LogP contribution in [0.25, 0.3) is 0 Å². The summed E-state index contributed by atoms with van der Waals surface area (Å²) < 4.78 is 14.9. The summed E-state index contributed by atoms with van der Waals surface area (Å²) in [5.41, 5.74) is -0.331. The molecule has 1 aromatic carbocycles. The molecule has 1 aromatic rings. The van der Waals surface area contributed by atoms with E-state index in [4.69, 9.17) is 9.47 Å². The van der Waals surface area contributed by atoms with Crippen molar-refractivity contribution in [1.82, 2.24) is 0 Å². The highest BCUT2D eigenvalue weighted by Gasteiger charge is 2.24. The molecule has 7 nitrogen and oxygen atoms in total. The van der Waals surface area contributed by atoms with E-state index in [1.54, 1.807) is 13.8 Å². The fourth-order valence-electron chi connectivity index (χ4n) is 1.48. The molecule has 0 bridgehead atoms. The first-order valence-electron chi connectivity index (χ1n) is 5.52. The van der Waals surface area contributed by atoms with Gasteiger partial charge in [0.1, 0.15) is 11.3 Å². The summed E-state index contributed by atoms with van der Waals surface area (Å²) in [5.74, 6) is -0.506. The molecule has 0 spiro atoms. The highest BCUT2D eigenvalue weighted by atomic mass is 16.6. The molecule has 1 rings (SSSR count). The number of nitrogens with zero attached hydrogens (tertiary/aromatic N) is 1. The van der Waals surface area contributed by atoms with Gasteiger partial charge < -0.3 is 14.2 Å². The van der Waals surface area contributed by atoms with Crippen molar-refractivity contribution >= 4 is 11.7 Å². The Kier molecular flexibility index (Phi) is 4.68. The summed E-state index contributed by atoms with van der Waals surface area (Å²) in [7, 11) is 2.54. The Balaban J connectivity index is 3.41. The predicted molar refractivity (Wildman–Crippen MR) is 66.8 cm³/mol. The van der Waals surface area contributed by atoms with E-state index in [9.17, 15) is 14.9 Å². The van der Waals surface area contributed by atoms with Gasteiger partial charge in [0, 0.05) is 12.1 Å². The molecule has 104 valence electrons. The van der Waals surface area contributed by atoms with Crippen LogP contribution < -0.4 is 9.47 Å². The van der Waals surface area contributed by atoms with Gasteiger partial charge in [-0.25, -0.2) is 4.79 Å². The van der Waals surface area contributed by atoms with Crippen molar-refractivity contribution in [3.05, 3.63) is 27.8 Å². The number of rotatable bonds is 5. The average Bonchev–Trinajstić information content (AvgIpc) is 2.36. The minimum absolute atomic E-state index is 0.0205. The number of carbonyl (C=O) groups excluding carboxylic acids is 1. The van der Waals surface area contributed by atoms with Crippen LogP contribution in [0.3, 0.4) is 0 Å². The van der Waals surface area contributed by atoms with Crippen LogP contribution in [-0.2, 0) is 4.74 Å². The maximum atomic E-state index is 11.5. The van der Waals surface area contributed by atoms with Gasteiger partial charge in [-0.15, -0.1) is 0 Å². The van der Waals surface area contributed by atoms with Gasteiger partial charge in [-0.2, -0.15) is 0 Å². The first-order chi connectivity index (χ1) is 8.90. The third kappa shape index (κ3) is 3.34. The Labute approximate surface area is 110 Å². The number of carbonyl (C=O) groups is 1. The first kappa shape index (κ1) is 14.7. The second-order valence-electron chi connectivity index (χ2n) is 3.94. The monoisotopic (exact) mass is 269 g/mol. The van der Waals surface area contributed by atoms with Gasteiger partial charge >= 0.3 is 11.7 Å². The van der Waals surface area contributed by atoms with Crippen molar-refractivity contribution in [3.63, 3.8) is 0 Å². The third-order valence-corrected chi connectivity index (χ3v) is 2.25. The van der Waals surface area contributed by atoms with Crippen LogP contribution in [0.2, 0.25) is 0 Å². The number of nitro groups is 1. The van der Waals surface area contributed by atoms with Gasteiger partial charge in [0.15, 0.2) is 0 Å². The molecule has 0 radical (unpaired) electrons. The van der Waals surface area contributed by atoms with E-state index < -0.39 is 10.9 Å². The number of hydrogen-bond donors (Lipinski definition) is 0. The predicted octanol–water partition coefficient (Wildman–Crippen LogP) is 2.18. The Hall–Kier alpha value is -2.31. The molecule has 0 saturated heterocycles. The second-order valence-corrected chi connectivity index (χ2v) is 3.94. The SMILES string of the molecule is COC(=O)c1cc([N+](=O)[O-])c(OC(C)C)cc1OC. The van der Waals surface area contributed by atoms with Crippen LogP contribution >= 0.6 is 0 Å². The van der Waals surface area contributed by atoms with Crippen LogP contribution in [0.4, 0.5) is 5.69 Å². The Morgan fingerprint density at radius 1 is 1.26 bits per heavy atom. The lowest BCUT2D eigenvalue weighted by atomic mass is 10.1. The van der Waals surface area contributed by atoms with Crippen molar-refractivity contribution in [1.29, 1.82) is 0 Å². The Morgan fingerprint density at radius 3 is 2.32 bits per heavy atom. The zero-order valence-corrected chi connectivity index (χ0v) is 11.1.